The van der Waals surface area contributed by atoms with Gasteiger partial charge >= 0.3 is 0 Å². The maximum absolute atomic E-state index is 14.5. The van der Waals surface area contributed by atoms with Crippen molar-refractivity contribution in [3.05, 3.63) is 64.4 Å². The molecule has 2 aliphatic rings. The summed E-state index contributed by atoms with van der Waals surface area (Å²) in [6.07, 6.45) is 6.25. The first kappa shape index (κ1) is 18.8. The Labute approximate surface area is 181 Å². The van der Waals surface area contributed by atoms with Crippen molar-refractivity contribution >= 4 is 22.8 Å². The Hall–Kier alpha value is -2.91. The summed E-state index contributed by atoms with van der Waals surface area (Å²) < 4.78 is 30.0. The number of rotatable bonds is 3. The Morgan fingerprint density at radius 1 is 1.16 bits per heavy atom. The summed E-state index contributed by atoms with van der Waals surface area (Å²) in [7, 11) is 0. The second-order valence-corrected chi connectivity index (χ2v) is 9.03. The molecule has 158 valence electrons. The van der Waals surface area contributed by atoms with Gasteiger partial charge in [0.2, 0.25) is 0 Å². The Bertz CT molecular complexity index is 1260. The molecule has 1 aromatic carbocycles. The third-order valence-corrected chi connectivity index (χ3v) is 7.18. The molecule has 6 nitrogen and oxygen atoms in total. The first-order valence-electron chi connectivity index (χ1n) is 10.4. The van der Waals surface area contributed by atoms with Gasteiger partial charge in [0.15, 0.2) is 5.65 Å². The molecule has 0 saturated carbocycles. The molecule has 2 aliphatic heterocycles. The number of nitrogens with one attached hydrogen (secondary N) is 1. The molecule has 0 spiro atoms. The van der Waals surface area contributed by atoms with Crippen LogP contribution in [0.1, 0.15) is 35.0 Å². The normalized spacial score (nSPS) is 18.6. The highest BCUT2D eigenvalue weighted by molar-refractivity contribution is 7.15. The van der Waals surface area contributed by atoms with Gasteiger partial charge in [-0.1, -0.05) is 0 Å². The topological polar surface area (TPSA) is 58.4 Å². The van der Waals surface area contributed by atoms with Gasteiger partial charge in [0.05, 0.1) is 23.5 Å². The van der Waals surface area contributed by atoms with E-state index in [1.165, 1.54) is 17.0 Å². The van der Waals surface area contributed by atoms with Crippen molar-refractivity contribution in [2.75, 3.05) is 18.0 Å². The molecular formula is C22H20F2N6S. The Morgan fingerprint density at radius 3 is 3.00 bits per heavy atom. The lowest BCUT2D eigenvalue weighted by Gasteiger charge is -2.26. The predicted octanol–water partition coefficient (Wildman–Crippen LogP) is 4.12. The summed E-state index contributed by atoms with van der Waals surface area (Å²) in [6.45, 7) is 2.53. The average molecular weight is 439 g/mol. The Balaban J connectivity index is 1.40. The molecule has 0 amide bonds. The molecule has 3 aromatic heterocycles. The van der Waals surface area contributed by atoms with Crippen molar-refractivity contribution in [3.63, 3.8) is 0 Å². The highest BCUT2D eigenvalue weighted by Crippen LogP contribution is 2.38. The largest absolute Gasteiger partial charge is 0.349 e. The molecule has 1 fully saturated rings. The minimum absolute atomic E-state index is 0.240. The van der Waals surface area contributed by atoms with E-state index in [1.54, 1.807) is 22.0 Å². The van der Waals surface area contributed by atoms with Crippen LogP contribution < -0.4 is 10.2 Å². The molecule has 6 rings (SSSR count). The van der Waals surface area contributed by atoms with Gasteiger partial charge in [-0.15, -0.1) is 11.3 Å². The first-order chi connectivity index (χ1) is 15.2. The van der Waals surface area contributed by atoms with Crippen LogP contribution in [0.25, 0.3) is 16.2 Å². The SMILES string of the molecule is Fc1ccc(F)c([C@H]2CCCN2c2ccn3ncc(-c4nc5c(s4)CNCC5)c3n2)c1. The van der Waals surface area contributed by atoms with Gasteiger partial charge in [-0.2, -0.15) is 5.10 Å². The predicted molar refractivity (Wildman–Crippen MR) is 115 cm³/mol. The highest BCUT2D eigenvalue weighted by atomic mass is 32.1. The molecule has 31 heavy (non-hydrogen) atoms. The van der Waals surface area contributed by atoms with E-state index in [0.717, 1.165) is 72.7 Å². The second kappa shape index (κ2) is 7.35. The summed E-state index contributed by atoms with van der Waals surface area (Å²) in [5.74, 6) is -0.0678. The number of benzene rings is 1. The van der Waals surface area contributed by atoms with Crippen molar-refractivity contribution < 1.29 is 8.78 Å². The third kappa shape index (κ3) is 3.19. The second-order valence-electron chi connectivity index (χ2n) is 7.95. The van der Waals surface area contributed by atoms with E-state index in [4.69, 9.17) is 9.97 Å². The van der Waals surface area contributed by atoms with Crippen molar-refractivity contribution in [1.82, 2.24) is 24.9 Å². The van der Waals surface area contributed by atoms with Crippen LogP contribution in [-0.4, -0.2) is 32.7 Å². The van der Waals surface area contributed by atoms with Crippen LogP contribution in [-0.2, 0) is 13.0 Å². The number of halogens is 2. The van der Waals surface area contributed by atoms with E-state index in [0.29, 0.717) is 5.56 Å². The molecule has 1 N–H and O–H groups in total. The van der Waals surface area contributed by atoms with Crippen LogP contribution in [0.2, 0.25) is 0 Å². The Morgan fingerprint density at radius 2 is 2.10 bits per heavy atom. The van der Waals surface area contributed by atoms with Gasteiger partial charge in [0.25, 0.3) is 0 Å². The van der Waals surface area contributed by atoms with Crippen LogP contribution in [0.3, 0.4) is 0 Å². The number of nitrogens with zero attached hydrogens (tertiary/aromatic N) is 5. The van der Waals surface area contributed by atoms with Crippen LogP contribution in [0, 0.1) is 11.6 Å². The summed E-state index contributed by atoms with van der Waals surface area (Å²) in [4.78, 5) is 13.0. The number of hydrogen-bond donors (Lipinski definition) is 1. The van der Waals surface area contributed by atoms with Crippen LogP contribution in [0.15, 0.2) is 36.7 Å². The van der Waals surface area contributed by atoms with Crippen LogP contribution in [0.5, 0.6) is 0 Å². The van der Waals surface area contributed by atoms with Crippen molar-refractivity contribution in [3.8, 4) is 10.6 Å². The van der Waals surface area contributed by atoms with E-state index in [9.17, 15) is 8.78 Å². The molecule has 0 bridgehead atoms. The molecule has 0 radical (unpaired) electrons. The van der Waals surface area contributed by atoms with Gasteiger partial charge in [-0.05, 0) is 37.1 Å². The quantitative estimate of drug-likeness (QED) is 0.522. The zero-order valence-corrected chi connectivity index (χ0v) is 17.5. The van der Waals surface area contributed by atoms with Crippen LogP contribution in [0.4, 0.5) is 14.6 Å². The monoisotopic (exact) mass is 438 g/mol. The Kier molecular flexibility index (Phi) is 4.46. The molecule has 4 aromatic rings. The number of thiazole rings is 1. The molecule has 0 aliphatic carbocycles. The van der Waals surface area contributed by atoms with E-state index >= 15 is 0 Å². The number of hydrogen-bond acceptors (Lipinski definition) is 6. The smallest absolute Gasteiger partial charge is 0.167 e. The molecule has 1 atom stereocenters. The van der Waals surface area contributed by atoms with Gasteiger partial charge in [0, 0.05) is 42.7 Å². The van der Waals surface area contributed by atoms with Gasteiger partial charge < -0.3 is 10.2 Å². The minimum atomic E-state index is -0.424. The average Bonchev–Trinajstić information content (AvgIpc) is 3.52. The maximum atomic E-state index is 14.5. The molecule has 9 heteroatoms. The summed E-state index contributed by atoms with van der Waals surface area (Å²) >= 11 is 1.68. The van der Waals surface area contributed by atoms with Crippen molar-refractivity contribution in [1.29, 1.82) is 0 Å². The molecule has 0 unspecified atom stereocenters. The molecule has 5 heterocycles. The van der Waals surface area contributed by atoms with Crippen molar-refractivity contribution in [2.24, 2.45) is 0 Å². The molecular weight excluding hydrogens is 418 g/mol. The fourth-order valence-corrected chi connectivity index (χ4v) is 5.63. The van der Waals surface area contributed by atoms with Gasteiger partial charge in [-0.3, -0.25) is 0 Å². The summed E-state index contributed by atoms with van der Waals surface area (Å²) in [5.41, 5.74) is 3.15. The lowest BCUT2D eigenvalue weighted by atomic mass is 10.0. The third-order valence-electron chi connectivity index (χ3n) is 6.05. The van der Waals surface area contributed by atoms with E-state index < -0.39 is 5.82 Å². The minimum Gasteiger partial charge on any atom is -0.349 e. The first-order valence-corrected chi connectivity index (χ1v) is 11.2. The zero-order chi connectivity index (χ0) is 20.9. The number of anilines is 1. The maximum Gasteiger partial charge on any atom is 0.167 e. The molecule has 1 saturated heterocycles. The lowest BCUT2D eigenvalue weighted by molar-refractivity contribution is 0.560. The van der Waals surface area contributed by atoms with Crippen LogP contribution >= 0.6 is 11.3 Å². The van der Waals surface area contributed by atoms with Gasteiger partial charge in [0.1, 0.15) is 22.5 Å². The number of fused-ring (bicyclic) bond motifs is 2. The van der Waals surface area contributed by atoms with E-state index in [-0.39, 0.29) is 11.9 Å². The van der Waals surface area contributed by atoms with E-state index in [2.05, 4.69) is 15.3 Å². The standard InChI is InChI=1S/C22H20F2N6S/c23-13-3-4-16(24)14(10-13)18-2-1-8-29(18)20-6-9-30-21(28-20)15(11-26-30)22-27-17-5-7-25-12-19(17)31-22/h3-4,6,9-11,18,25H,1-2,5,7-8,12H2/t18-/m1/s1. The zero-order valence-electron chi connectivity index (χ0n) is 16.7. The lowest BCUT2D eigenvalue weighted by Crippen LogP contribution is -2.24. The van der Waals surface area contributed by atoms with E-state index in [1.807, 2.05) is 12.3 Å². The highest BCUT2D eigenvalue weighted by Gasteiger charge is 2.30. The number of aromatic nitrogens is 4. The van der Waals surface area contributed by atoms with Crippen molar-refractivity contribution in [2.45, 2.75) is 31.8 Å². The fourth-order valence-electron chi connectivity index (χ4n) is 4.55. The van der Waals surface area contributed by atoms with Gasteiger partial charge in [-0.25, -0.2) is 23.3 Å². The summed E-state index contributed by atoms with van der Waals surface area (Å²) in [6, 6.07) is 5.30. The summed E-state index contributed by atoms with van der Waals surface area (Å²) in [5, 5.41) is 8.75. The fraction of sp³-hybridized carbons (Fsp3) is 0.318.